The number of nitrogens with one attached hydrogen (secondary N) is 2. The second-order valence-electron chi connectivity index (χ2n) is 7.40. The highest BCUT2D eigenvalue weighted by Crippen LogP contribution is 2.26. The Morgan fingerprint density at radius 1 is 1.12 bits per heavy atom. The Hall–Kier alpha value is -3.98. The SMILES string of the molecule is Cc1cc(C)n(C(C)C(=O)Nc2ccc(NC(=O)/C=C/c3ccc([N+](=O)[O-])cc3)cc2Cl)n1. The number of halogens is 1. The highest BCUT2D eigenvalue weighted by molar-refractivity contribution is 6.34. The fourth-order valence-corrected chi connectivity index (χ4v) is 3.37. The Labute approximate surface area is 195 Å². The summed E-state index contributed by atoms with van der Waals surface area (Å²) in [7, 11) is 0. The molecule has 0 saturated carbocycles. The first-order chi connectivity index (χ1) is 15.6. The number of benzene rings is 2. The summed E-state index contributed by atoms with van der Waals surface area (Å²) in [6.45, 7) is 5.48. The molecule has 0 aliphatic rings. The molecule has 0 bridgehead atoms. The maximum Gasteiger partial charge on any atom is 0.269 e. The Balaban J connectivity index is 1.61. The van der Waals surface area contributed by atoms with Gasteiger partial charge in [0.1, 0.15) is 6.04 Å². The molecular formula is C23H22ClN5O4. The minimum absolute atomic E-state index is 0.0253. The van der Waals surface area contributed by atoms with E-state index in [-0.39, 0.29) is 16.6 Å². The molecule has 2 amide bonds. The molecule has 0 fully saturated rings. The average molecular weight is 468 g/mol. The number of nitro groups is 1. The summed E-state index contributed by atoms with van der Waals surface area (Å²) in [6, 6.07) is 11.9. The van der Waals surface area contributed by atoms with Crippen LogP contribution in [0.5, 0.6) is 0 Å². The van der Waals surface area contributed by atoms with Crippen molar-refractivity contribution >= 4 is 46.6 Å². The minimum atomic E-state index is -0.529. The van der Waals surface area contributed by atoms with Gasteiger partial charge in [0.15, 0.2) is 0 Å². The zero-order chi connectivity index (χ0) is 24.1. The summed E-state index contributed by atoms with van der Waals surface area (Å²) in [4.78, 5) is 35.0. The quantitative estimate of drug-likeness (QED) is 0.290. The zero-order valence-corrected chi connectivity index (χ0v) is 19.0. The number of non-ortho nitro benzene ring substituents is 1. The average Bonchev–Trinajstić information content (AvgIpc) is 3.11. The van der Waals surface area contributed by atoms with Crippen LogP contribution in [0.4, 0.5) is 17.1 Å². The number of hydrogen-bond acceptors (Lipinski definition) is 5. The molecule has 1 heterocycles. The first-order valence-corrected chi connectivity index (χ1v) is 10.4. The van der Waals surface area contributed by atoms with Crippen molar-refractivity contribution in [3.8, 4) is 0 Å². The Bertz CT molecular complexity index is 1230. The third kappa shape index (κ3) is 6.05. The van der Waals surface area contributed by atoms with Crippen molar-refractivity contribution in [2.45, 2.75) is 26.8 Å². The molecular weight excluding hydrogens is 446 g/mol. The normalized spacial score (nSPS) is 11.9. The standard InChI is InChI=1S/C23H22ClN5O4/c1-14-12-15(2)28(27-14)16(3)23(31)26-21-10-7-18(13-20(21)24)25-22(30)11-6-17-4-8-19(9-5-17)29(32)33/h4-13,16H,1-3H3,(H,25,30)(H,26,31)/b11-6+. The van der Waals surface area contributed by atoms with Gasteiger partial charge in [-0.05, 0) is 68.8 Å². The van der Waals surface area contributed by atoms with Crippen LogP contribution in [0.1, 0.15) is 29.9 Å². The van der Waals surface area contributed by atoms with Crippen molar-refractivity contribution in [1.82, 2.24) is 9.78 Å². The monoisotopic (exact) mass is 467 g/mol. The first kappa shape index (κ1) is 23.7. The van der Waals surface area contributed by atoms with Gasteiger partial charge in [-0.15, -0.1) is 0 Å². The molecule has 3 rings (SSSR count). The number of amides is 2. The van der Waals surface area contributed by atoms with E-state index in [1.807, 2.05) is 19.9 Å². The van der Waals surface area contributed by atoms with Crippen LogP contribution in [-0.2, 0) is 9.59 Å². The molecule has 0 aliphatic carbocycles. The van der Waals surface area contributed by atoms with Gasteiger partial charge in [-0.1, -0.05) is 11.6 Å². The molecule has 3 aromatic rings. The van der Waals surface area contributed by atoms with Crippen molar-refractivity contribution < 1.29 is 14.5 Å². The number of rotatable bonds is 7. The number of aromatic nitrogens is 2. The fourth-order valence-electron chi connectivity index (χ4n) is 3.14. The maximum atomic E-state index is 12.6. The predicted molar refractivity (Wildman–Crippen MR) is 127 cm³/mol. The van der Waals surface area contributed by atoms with Gasteiger partial charge in [0, 0.05) is 29.6 Å². The van der Waals surface area contributed by atoms with Crippen LogP contribution < -0.4 is 10.6 Å². The topological polar surface area (TPSA) is 119 Å². The van der Waals surface area contributed by atoms with E-state index in [2.05, 4.69) is 15.7 Å². The Kier molecular flexibility index (Phi) is 7.24. The lowest BCUT2D eigenvalue weighted by molar-refractivity contribution is -0.384. The summed E-state index contributed by atoms with van der Waals surface area (Å²) in [5, 5.41) is 20.7. The summed E-state index contributed by atoms with van der Waals surface area (Å²) < 4.78 is 1.64. The van der Waals surface area contributed by atoms with Gasteiger partial charge in [-0.3, -0.25) is 24.4 Å². The molecule has 9 nitrogen and oxygen atoms in total. The van der Waals surface area contributed by atoms with Crippen LogP contribution in [0.2, 0.25) is 5.02 Å². The van der Waals surface area contributed by atoms with Gasteiger partial charge in [-0.2, -0.15) is 5.10 Å². The molecule has 2 N–H and O–H groups in total. The van der Waals surface area contributed by atoms with Crippen LogP contribution in [-0.4, -0.2) is 26.5 Å². The molecule has 10 heteroatoms. The van der Waals surface area contributed by atoms with Crippen LogP contribution in [0, 0.1) is 24.0 Å². The van der Waals surface area contributed by atoms with E-state index in [0.29, 0.717) is 16.9 Å². The number of carbonyl (C=O) groups is 2. The van der Waals surface area contributed by atoms with Crippen LogP contribution in [0.3, 0.4) is 0 Å². The number of aryl methyl sites for hydroxylation is 2. The maximum absolute atomic E-state index is 12.6. The van der Waals surface area contributed by atoms with E-state index >= 15 is 0 Å². The Morgan fingerprint density at radius 2 is 1.82 bits per heavy atom. The number of hydrogen-bond donors (Lipinski definition) is 2. The summed E-state index contributed by atoms with van der Waals surface area (Å²) in [5.41, 5.74) is 3.18. The van der Waals surface area contributed by atoms with Crippen LogP contribution >= 0.6 is 11.6 Å². The lowest BCUT2D eigenvalue weighted by Crippen LogP contribution is -2.25. The van der Waals surface area contributed by atoms with Crippen molar-refractivity contribution in [2.75, 3.05) is 10.6 Å². The highest BCUT2D eigenvalue weighted by atomic mass is 35.5. The summed E-state index contributed by atoms with van der Waals surface area (Å²) >= 11 is 6.29. The zero-order valence-electron chi connectivity index (χ0n) is 18.2. The first-order valence-electron chi connectivity index (χ1n) is 10.0. The third-order valence-corrected chi connectivity index (χ3v) is 5.13. The number of carbonyl (C=O) groups excluding carboxylic acids is 2. The second-order valence-corrected chi connectivity index (χ2v) is 7.81. The van der Waals surface area contributed by atoms with E-state index in [1.165, 1.54) is 30.4 Å². The van der Waals surface area contributed by atoms with Crippen molar-refractivity contribution in [3.05, 3.63) is 86.7 Å². The number of nitrogens with zero attached hydrogens (tertiary/aromatic N) is 3. The van der Waals surface area contributed by atoms with Gasteiger partial charge in [0.25, 0.3) is 5.69 Å². The number of nitro benzene ring substituents is 1. The minimum Gasteiger partial charge on any atom is -0.323 e. The van der Waals surface area contributed by atoms with E-state index in [0.717, 1.165) is 11.4 Å². The number of anilines is 2. The van der Waals surface area contributed by atoms with Crippen LogP contribution in [0.25, 0.3) is 6.08 Å². The molecule has 0 saturated heterocycles. The molecule has 0 radical (unpaired) electrons. The van der Waals surface area contributed by atoms with E-state index in [1.54, 1.807) is 35.9 Å². The molecule has 1 atom stereocenters. The van der Waals surface area contributed by atoms with Crippen molar-refractivity contribution in [3.63, 3.8) is 0 Å². The second kappa shape index (κ2) is 10.1. The summed E-state index contributed by atoms with van der Waals surface area (Å²) in [6.07, 6.45) is 2.84. The van der Waals surface area contributed by atoms with Gasteiger partial charge in [0.05, 0.1) is 21.3 Å². The van der Waals surface area contributed by atoms with E-state index < -0.39 is 16.9 Å². The smallest absolute Gasteiger partial charge is 0.269 e. The Morgan fingerprint density at radius 3 is 2.39 bits per heavy atom. The molecule has 0 aliphatic heterocycles. The molecule has 1 unspecified atom stereocenters. The van der Waals surface area contributed by atoms with E-state index in [4.69, 9.17) is 11.6 Å². The largest absolute Gasteiger partial charge is 0.323 e. The predicted octanol–water partition coefficient (Wildman–Crippen LogP) is 4.91. The van der Waals surface area contributed by atoms with Gasteiger partial charge < -0.3 is 10.6 Å². The molecule has 170 valence electrons. The highest BCUT2D eigenvalue weighted by Gasteiger charge is 2.19. The van der Waals surface area contributed by atoms with Crippen LogP contribution in [0.15, 0.2) is 54.6 Å². The third-order valence-electron chi connectivity index (χ3n) is 4.82. The van der Waals surface area contributed by atoms with Gasteiger partial charge >= 0.3 is 0 Å². The lowest BCUT2D eigenvalue weighted by Gasteiger charge is -2.15. The molecule has 2 aromatic carbocycles. The summed E-state index contributed by atoms with van der Waals surface area (Å²) in [5.74, 6) is -0.676. The molecule has 0 spiro atoms. The molecule has 1 aromatic heterocycles. The lowest BCUT2D eigenvalue weighted by atomic mass is 10.2. The van der Waals surface area contributed by atoms with Crippen molar-refractivity contribution in [1.29, 1.82) is 0 Å². The van der Waals surface area contributed by atoms with E-state index in [9.17, 15) is 19.7 Å². The fraction of sp³-hybridized carbons (Fsp3) is 0.174. The van der Waals surface area contributed by atoms with Crippen molar-refractivity contribution in [2.24, 2.45) is 0 Å². The molecule has 33 heavy (non-hydrogen) atoms. The van der Waals surface area contributed by atoms with Gasteiger partial charge in [0.2, 0.25) is 11.8 Å². The van der Waals surface area contributed by atoms with Gasteiger partial charge in [-0.25, -0.2) is 0 Å².